The van der Waals surface area contributed by atoms with E-state index in [1.807, 2.05) is 12.1 Å². The molecule has 0 amide bonds. The number of phenols is 1. The van der Waals surface area contributed by atoms with Crippen LogP contribution in [0.5, 0.6) is 5.75 Å². The van der Waals surface area contributed by atoms with Crippen LogP contribution in [-0.4, -0.2) is 30.9 Å². The highest BCUT2D eigenvalue weighted by atomic mass is 16.5. The van der Waals surface area contributed by atoms with Crippen LogP contribution in [0.15, 0.2) is 24.3 Å². The summed E-state index contributed by atoms with van der Waals surface area (Å²) < 4.78 is 5.51. The number of aryl methyl sites for hydroxylation is 1. The highest BCUT2D eigenvalue weighted by Gasteiger charge is 2.02. The van der Waals surface area contributed by atoms with Crippen molar-refractivity contribution in [3.05, 3.63) is 29.8 Å². The van der Waals surface area contributed by atoms with Gasteiger partial charge in [-0.3, -0.25) is 0 Å². The van der Waals surface area contributed by atoms with E-state index in [1.165, 1.54) is 12.0 Å². The van der Waals surface area contributed by atoms with Crippen molar-refractivity contribution in [1.82, 2.24) is 5.32 Å². The van der Waals surface area contributed by atoms with E-state index >= 15 is 0 Å². The van der Waals surface area contributed by atoms with Gasteiger partial charge in [-0.25, -0.2) is 0 Å². The molecule has 1 aromatic rings. The largest absolute Gasteiger partial charge is 0.508 e. The second kappa shape index (κ2) is 9.82. The van der Waals surface area contributed by atoms with Crippen LogP contribution in [0.25, 0.3) is 0 Å². The van der Waals surface area contributed by atoms with Gasteiger partial charge in [0.05, 0.1) is 6.61 Å². The summed E-state index contributed by atoms with van der Waals surface area (Å²) in [6, 6.07) is 7.94. The molecule has 1 unspecified atom stereocenters. The maximum Gasteiger partial charge on any atom is 0.115 e. The Bertz CT molecular complexity index is 324. The van der Waals surface area contributed by atoms with Crippen LogP contribution in [0.4, 0.5) is 0 Å². The van der Waals surface area contributed by atoms with Crippen molar-refractivity contribution in [2.24, 2.45) is 0 Å². The first-order chi connectivity index (χ1) is 9.22. The van der Waals surface area contributed by atoms with E-state index in [2.05, 4.69) is 19.2 Å². The standard InChI is InChI=1S/C16H27NO2/c1-3-4-12-19-13-11-17-14(2)5-6-15-7-9-16(18)10-8-15/h7-10,14,17-18H,3-6,11-13H2,1-2H3. The number of phenolic OH excluding ortho intramolecular Hbond substituents is 1. The zero-order valence-corrected chi connectivity index (χ0v) is 12.2. The Labute approximate surface area is 117 Å². The Hall–Kier alpha value is -1.06. The molecule has 3 heteroatoms. The number of unbranched alkanes of at least 4 members (excludes halogenated alkanes) is 1. The summed E-state index contributed by atoms with van der Waals surface area (Å²) in [4.78, 5) is 0. The molecule has 0 saturated carbocycles. The normalized spacial score (nSPS) is 12.5. The van der Waals surface area contributed by atoms with Crippen molar-refractivity contribution in [2.75, 3.05) is 19.8 Å². The third-order valence-corrected chi connectivity index (χ3v) is 3.18. The number of nitrogens with one attached hydrogen (secondary N) is 1. The van der Waals surface area contributed by atoms with Crippen molar-refractivity contribution < 1.29 is 9.84 Å². The maximum atomic E-state index is 9.21. The van der Waals surface area contributed by atoms with Crippen LogP contribution in [0.3, 0.4) is 0 Å². The summed E-state index contributed by atoms with van der Waals surface area (Å²) in [5, 5.41) is 12.7. The van der Waals surface area contributed by atoms with Crippen molar-refractivity contribution >= 4 is 0 Å². The molecule has 1 atom stereocenters. The molecule has 0 aromatic heterocycles. The number of rotatable bonds is 10. The molecule has 0 aliphatic rings. The second-order valence-electron chi connectivity index (χ2n) is 5.03. The monoisotopic (exact) mass is 265 g/mol. The molecule has 0 aliphatic heterocycles. The van der Waals surface area contributed by atoms with Gasteiger partial charge in [-0.2, -0.15) is 0 Å². The minimum Gasteiger partial charge on any atom is -0.508 e. The molecular weight excluding hydrogens is 238 g/mol. The van der Waals surface area contributed by atoms with Gasteiger partial charge in [0.15, 0.2) is 0 Å². The van der Waals surface area contributed by atoms with Crippen LogP contribution in [0.1, 0.15) is 38.7 Å². The Morgan fingerprint density at radius 2 is 1.95 bits per heavy atom. The summed E-state index contributed by atoms with van der Waals surface area (Å²) in [5.74, 6) is 0.333. The molecule has 0 fully saturated rings. The predicted octanol–water partition coefficient (Wildman–Crippen LogP) is 3.12. The van der Waals surface area contributed by atoms with E-state index in [4.69, 9.17) is 4.74 Å². The fourth-order valence-electron chi connectivity index (χ4n) is 1.87. The quantitative estimate of drug-likeness (QED) is 0.639. The van der Waals surface area contributed by atoms with Gasteiger partial charge in [-0.05, 0) is 43.9 Å². The van der Waals surface area contributed by atoms with Crippen molar-refractivity contribution in [2.45, 2.75) is 45.6 Å². The Morgan fingerprint density at radius 1 is 1.21 bits per heavy atom. The second-order valence-corrected chi connectivity index (χ2v) is 5.03. The zero-order chi connectivity index (χ0) is 13.9. The average Bonchev–Trinajstić information content (AvgIpc) is 2.42. The minimum atomic E-state index is 0.333. The van der Waals surface area contributed by atoms with E-state index in [9.17, 15) is 5.11 Å². The van der Waals surface area contributed by atoms with Gasteiger partial charge < -0.3 is 15.2 Å². The van der Waals surface area contributed by atoms with Crippen molar-refractivity contribution in [3.8, 4) is 5.75 Å². The summed E-state index contributed by atoms with van der Waals surface area (Å²) in [7, 11) is 0. The Kier molecular flexibility index (Phi) is 8.26. The van der Waals surface area contributed by atoms with E-state index < -0.39 is 0 Å². The van der Waals surface area contributed by atoms with Gasteiger partial charge in [0.2, 0.25) is 0 Å². The molecule has 2 N–H and O–H groups in total. The third-order valence-electron chi connectivity index (χ3n) is 3.18. The molecular formula is C16H27NO2. The fraction of sp³-hybridized carbons (Fsp3) is 0.625. The number of ether oxygens (including phenoxy) is 1. The van der Waals surface area contributed by atoms with Crippen LogP contribution < -0.4 is 5.32 Å². The highest BCUT2D eigenvalue weighted by Crippen LogP contribution is 2.11. The average molecular weight is 265 g/mol. The maximum absolute atomic E-state index is 9.21. The number of benzene rings is 1. The lowest BCUT2D eigenvalue weighted by Crippen LogP contribution is -2.30. The summed E-state index contributed by atoms with van der Waals surface area (Å²) in [5.41, 5.74) is 1.27. The van der Waals surface area contributed by atoms with Crippen molar-refractivity contribution in [3.63, 3.8) is 0 Å². The van der Waals surface area contributed by atoms with Crippen LogP contribution >= 0.6 is 0 Å². The van der Waals surface area contributed by atoms with Gasteiger partial charge in [-0.1, -0.05) is 25.5 Å². The van der Waals surface area contributed by atoms with Crippen LogP contribution in [0, 0.1) is 0 Å². The summed E-state index contributed by atoms with van der Waals surface area (Å²) in [6.45, 7) is 6.96. The van der Waals surface area contributed by atoms with Gasteiger partial charge in [0.25, 0.3) is 0 Å². The van der Waals surface area contributed by atoms with Gasteiger partial charge >= 0.3 is 0 Å². The van der Waals surface area contributed by atoms with E-state index in [1.54, 1.807) is 12.1 Å². The van der Waals surface area contributed by atoms with E-state index in [0.29, 0.717) is 11.8 Å². The molecule has 3 nitrogen and oxygen atoms in total. The third kappa shape index (κ3) is 7.85. The number of aromatic hydroxyl groups is 1. The molecule has 0 bridgehead atoms. The molecule has 1 rings (SSSR count). The summed E-state index contributed by atoms with van der Waals surface area (Å²) >= 11 is 0. The summed E-state index contributed by atoms with van der Waals surface area (Å²) in [6.07, 6.45) is 4.47. The Balaban J connectivity index is 2.04. The van der Waals surface area contributed by atoms with E-state index in [0.717, 1.165) is 39.0 Å². The molecule has 1 aromatic carbocycles. The van der Waals surface area contributed by atoms with Crippen LogP contribution in [-0.2, 0) is 11.2 Å². The van der Waals surface area contributed by atoms with Crippen molar-refractivity contribution in [1.29, 1.82) is 0 Å². The molecule has 108 valence electrons. The molecule has 19 heavy (non-hydrogen) atoms. The minimum absolute atomic E-state index is 0.333. The zero-order valence-electron chi connectivity index (χ0n) is 12.2. The smallest absolute Gasteiger partial charge is 0.115 e. The Morgan fingerprint density at radius 3 is 2.63 bits per heavy atom. The SMILES string of the molecule is CCCCOCCNC(C)CCc1ccc(O)cc1. The molecule has 0 heterocycles. The lowest BCUT2D eigenvalue weighted by Gasteiger charge is -2.14. The molecule has 0 saturated heterocycles. The first-order valence-electron chi connectivity index (χ1n) is 7.31. The lowest BCUT2D eigenvalue weighted by atomic mass is 10.1. The first-order valence-corrected chi connectivity index (χ1v) is 7.31. The molecule has 0 radical (unpaired) electrons. The lowest BCUT2D eigenvalue weighted by molar-refractivity contribution is 0.131. The van der Waals surface area contributed by atoms with Crippen LogP contribution in [0.2, 0.25) is 0 Å². The molecule has 0 aliphatic carbocycles. The molecule has 0 spiro atoms. The topological polar surface area (TPSA) is 41.5 Å². The van der Waals surface area contributed by atoms with Gasteiger partial charge in [0, 0.05) is 19.2 Å². The predicted molar refractivity (Wildman–Crippen MR) is 79.6 cm³/mol. The fourth-order valence-corrected chi connectivity index (χ4v) is 1.87. The number of hydrogen-bond acceptors (Lipinski definition) is 3. The highest BCUT2D eigenvalue weighted by molar-refractivity contribution is 5.25. The van der Waals surface area contributed by atoms with Gasteiger partial charge in [-0.15, -0.1) is 0 Å². The van der Waals surface area contributed by atoms with Gasteiger partial charge in [0.1, 0.15) is 5.75 Å². The number of hydrogen-bond donors (Lipinski definition) is 2. The van der Waals surface area contributed by atoms with E-state index in [-0.39, 0.29) is 0 Å². The first kappa shape index (κ1) is 16.0.